The SMILES string of the molecule is CCOC(=O)N[C@H]1CCCN(S(=O)(=O)c2ccc(OC)cc2)C1. The van der Waals surface area contributed by atoms with Crippen LogP contribution in [0.4, 0.5) is 4.79 Å². The second-order valence-electron chi connectivity index (χ2n) is 5.24. The van der Waals surface area contributed by atoms with Crippen LogP contribution in [-0.4, -0.2) is 51.7 Å². The molecule has 23 heavy (non-hydrogen) atoms. The summed E-state index contributed by atoms with van der Waals surface area (Å²) < 4.78 is 36.7. The third kappa shape index (κ3) is 4.35. The number of nitrogens with zero attached hydrogens (tertiary/aromatic N) is 1. The molecule has 0 unspecified atom stereocenters. The lowest BCUT2D eigenvalue weighted by molar-refractivity contribution is 0.142. The van der Waals surface area contributed by atoms with Gasteiger partial charge in [0.15, 0.2) is 0 Å². The maximum atomic E-state index is 12.7. The first-order valence-corrected chi connectivity index (χ1v) is 8.99. The van der Waals surface area contributed by atoms with Gasteiger partial charge in [0.25, 0.3) is 0 Å². The van der Waals surface area contributed by atoms with E-state index in [1.165, 1.54) is 23.5 Å². The number of carbonyl (C=O) groups is 1. The van der Waals surface area contributed by atoms with E-state index in [1.807, 2.05) is 0 Å². The molecular formula is C15H22N2O5S. The quantitative estimate of drug-likeness (QED) is 0.878. The maximum Gasteiger partial charge on any atom is 0.407 e. The molecule has 1 aliphatic rings. The molecule has 0 spiro atoms. The molecule has 2 rings (SSSR count). The molecule has 0 radical (unpaired) electrons. The summed E-state index contributed by atoms with van der Waals surface area (Å²) >= 11 is 0. The number of piperidine rings is 1. The van der Waals surface area contributed by atoms with Crippen LogP contribution in [0.2, 0.25) is 0 Å². The predicted molar refractivity (Wildman–Crippen MR) is 84.9 cm³/mol. The molecule has 0 bridgehead atoms. The zero-order valence-electron chi connectivity index (χ0n) is 13.3. The molecule has 1 saturated heterocycles. The minimum absolute atomic E-state index is 0.218. The second-order valence-corrected chi connectivity index (χ2v) is 7.18. The molecule has 1 fully saturated rings. The molecule has 1 atom stereocenters. The number of carbonyl (C=O) groups excluding carboxylic acids is 1. The molecule has 1 aromatic rings. The number of methoxy groups -OCH3 is 1. The van der Waals surface area contributed by atoms with E-state index in [-0.39, 0.29) is 24.1 Å². The molecule has 1 heterocycles. The Hall–Kier alpha value is -1.80. The van der Waals surface area contributed by atoms with E-state index in [4.69, 9.17) is 9.47 Å². The molecule has 0 saturated carbocycles. The molecule has 128 valence electrons. The normalized spacial score (nSPS) is 19.1. The molecule has 1 amide bonds. The Kier molecular flexibility index (Phi) is 5.84. The molecule has 0 aromatic heterocycles. The highest BCUT2D eigenvalue weighted by Gasteiger charge is 2.31. The van der Waals surface area contributed by atoms with Crippen molar-refractivity contribution < 1.29 is 22.7 Å². The Morgan fingerprint density at radius 3 is 2.65 bits per heavy atom. The van der Waals surface area contributed by atoms with Crippen LogP contribution in [0.15, 0.2) is 29.2 Å². The topological polar surface area (TPSA) is 84.9 Å². The van der Waals surface area contributed by atoms with E-state index in [9.17, 15) is 13.2 Å². The largest absolute Gasteiger partial charge is 0.497 e. The van der Waals surface area contributed by atoms with E-state index in [0.29, 0.717) is 18.7 Å². The molecule has 0 aliphatic carbocycles. The van der Waals surface area contributed by atoms with Crippen LogP contribution in [0.5, 0.6) is 5.75 Å². The maximum absolute atomic E-state index is 12.7. The lowest BCUT2D eigenvalue weighted by Crippen LogP contribution is -2.49. The number of hydrogen-bond donors (Lipinski definition) is 1. The first-order chi connectivity index (χ1) is 11.0. The fourth-order valence-corrected chi connectivity index (χ4v) is 4.04. The highest BCUT2D eigenvalue weighted by molar-refractivity contribution is 7.89. The number of alkyl carbamates (subject to hydrolysis) is 1. The minimum Gasteiger partial charge on any atom is -0.497 e. The Balaban J connectivity index is 2.07. The van der Waals surface area contributed by atoms with Crippen molar-refractivity contribution in [3.63, 3.8) is 0 Å². The zero-order chi connectivity index (χ0) is 16.9. The average Bonchev–Trinajstić information content (AvgIpc) is 2.55. The van der Waals surface area contributed by atoms with Gasteiger partial charge in [-0.15, -0.1) is 0 Å². The number of hydrogen-bond acceptors (Lipinski definition) is 5. The van der Waals surface area contributed by atoms with Crippen LogP contribution < -0.4 is 10.1 Å². The molecule has 1 aromatic carbocycles. The summed E-state index contributed by atoms with van der Waals surface area (Å²) in [5.74, 6) is 0.601. The minimum atomic E-state index is -3.58. The summed E-state index contributed by atoms with van der Waals surface area (Å²) in [4.78, 5) is 11.7. The lowest BCUT2D eigenvalue weighted by atomic mass is 10.1. The lowest BCUT2D eigenvalue weighted by Gasteiger charge is -2.32. The van der Waals surface area contributed by atoms with E-state index >= 15 is 0 Å². The number of rotatable bonds is 5. The summed E-state index contributed by atoms with van der Waals surface area (Å²) in [6, 6.07) is 6.04. The molecular weight excluding hydrogens is 320 g/mol. The predicted octanol–water partition coefficient (Wildman–Crippen LogP) is 1.59. The van der Waals surface area contributed by atoms with Gasteiger partial charge in [-0.25, -0.2) is 13.2 Å². The van der Waals surface area contributed by atoms with Crippen LogP contribution in [0.3, 0.4) is 0 Å². The molecule has 1 aliphatic heterocycles. The number of ether oxygens (including phenoxy) is 2. The summed E-state index contributed by atoms with van der Waals surface area (Å²) in [5.41, 5.74) is 0. The smallest absolute Gasteiger partial charge is 0.407 e. The standard InChI is InChI=1S/C15H22N2O5S/c1-3-22-15(18)16-12-5-4-10-17(11-12)23(19,20)14-8-6-13(21-2)7-9-14/h6-9,12H,3-5,10-11H2,1-2H3,(H,16,18)/t12-/m0/s1. The monoisotopic (exact) mass is 342 g/mol. The van der Waals surface area contributed by atoms with Crippen molar-refractivity contribution in [1.29, 1.82) is 0 Å². The van der Waals surface area contributed by atoms with Crippen molar-refractivity contribution in [2.75, 3.05) is 26.8 Å². The van der Waals surface area contributed by atoms with Crippen molar-refractivity contribution in [1.82, 2.24) is 9.62 Å². The van der Waals surface area contributed by atoms with E-state index < -0.39 is 16.1 Å². The Morgan fingerprint density at radius 1 is 1.35 bits per heavy atom. The van der Waals surface area contributed by atoms with Crippen LogP contribution >= 0.6 is 0 Å². The van der Waals surface area contributed by atoms with Gasteiger partial charge < -0.3 is 14.8 Å². The van der Waals surface area contributed by atoms with Gasteiger partial charge in [0, 0.05) is 19.1 Å². The zero-order valence-corrected chi connectivity index (χ0v) is 14.1. The Morgan fingerprint density at radius 2 is 2.04 bits per heavy atom. The van der Waals surface area contributed by atoms with Gasteiger partial charge in [-0.3, -0.25) is 0 Å². The summed E-state index contributed by atoms with van der Waals surface area (Å²) in [5, 5.41) is 2.70. The third-order valence-corrected chi connectivity index (χ3v) is 5.56. The summed E-state index contributed by atoms with van der Waals surface area (Å²) in [6.45, 7) is 2.69. The van der Waals surface area contributed by atoms with Crippen molar-refractivity contribution >= 4 is 16.1 Å². The van der Waals surface area contributed by atoms with Crippen LogP contribution in [-0.2, 0) is 14.8 Å². The Labute approximate surface area is 136 Å². The first-order valence-electron chi connectivity index (χ1n) is 7.55. The van der Waals surface area contributed by atoms with E-state index in [2.05, 4.69) is 5.32 Å². The molecule has 1 N–H and O–H groups in total. The fourth-order valence-electron chi connectivity index (χ4n) is 2.51. The van der Waals surface area contributed by atoms with E-state index in [0.717, 1.165) is 6.42 Å². The molecule has 7 nitrogen and oxygen atoms in total. The summed E-state index contributed by atoms with van der Waals surface area (Å²) in [7, 11) is -2.05. The van der Waals surface area contributed by atoms with Crippen LogP contribution in [0.25, 0.3) is 0 Å². The summed E-state index contributed by atoms with van der Waals surface area (Å²) in [6.07, 6.45) is 0.904. The number of amides is 1. The van der Waals surface area contributed by atoms with Gasteiger partial charge in [0.05, 0.1) is 18.6 Å². The van der Waals surface area contributed by atoms with Crippen molar-refractivity contribution in [3.8, 4) is 5.75 Å². The van der Waals surface area contributed by atoms with Crippen LogP contribution in [0.1, 0.15) is 19.8 Å². The van der Waals surface area contributed by atoms with Gasteiger partial charge in [-0.2, -0.15) is 4.31 Å². The van der Waals surface area contributed by atoms with Crippen molar-refractivity contribution in [2.45, 2.75) is 30.7 Å². The number of nitrogens with one attached hydrogen (secondary N) is 1. The Bertz CT molecular complexity index is 630. The number of sulfonamides is 1. The van der Waals surface area contributed by atoms with E-state index in [1.54, 1.807) is 19.1 Å². The average molecular weight is 342 g/mol. The van der Waals surface area contributed by atoms with Crippen molar-refractivity contribution in [3.05, 3.63) is 24.3 Å². The third-order valence-electron chi connectivity index (χ3n) is 3.68. The van der Waals surface area contributed by atoms with Crippen LogP contribution in [0, 0.1) is 0 Å². The first kappa shape index (κ1) is 17.6. The van der Waals surface area contributed by atoms with Gasteiger partial charge in [-0.05, 0) is 44.0 Å². The van der Waals surface area contributed by atoms with Crippen molar-refractivity contribution in [2.24, 2.45) is 0 Å². The second kappa shape index (κ2) is 7.65. The van der Waals surface area contributed by atoms with Gasteiger partial charge in [-0.1, -0.05) is 0 Å². The van der Waals surface area contributed by atoms with Gasteiger partial charge in [0.2, 0.25) is 10.0 Å². The fraction of sp³-hybridized carbons (Fsp3) is 0.533. The highest BCUT2D eigenvalue weighted by atomic mass is 32.2. The molecule has 8 heteroatoms. The highest BCUT2D eigenvalue weighted by Crippen LogP contribution is 2.22. The van der Waals surface area contributed by atoms with Gasteiger partial charge >= 0.3 is 6.09 Å². The number of benzene rings is 1. The van der Waals surface area contributed by atoms with Gasteiger partial charge in [0.1, 0.15) is 5.75 Å².